The van der Waals surface area contributed by atoms with Crippen LogP contribution in [0, 0.1) is 13.8 Å². The Morgan fingerprint density at radius 1 is 1.15 bits per heavy atom. The molecule has 1 N–H and O–H groups in total. The molecule has 0 spiro atoms. The highest BCUT2D eigenvalue weighted by Gasteiger charge is 2.29. The normalized spacial score (nSPS) is 12.5. The summed E-state index contributed by atoms with van der Waals surface area (Å²) in [6.45, 7) is 5.42. The summed E-state index contributed by atoms with van der Waals surface area (Å²) in [5.74, 6) is 0.0131. The first-order chi connectivity index (χ1) is 16.0. The molecule has 0 saturated heterocycles. The van der Waals surface area contributed by atoms with Gasteiger partial charge >= 0.3 is 0 Å². The molecule has 10 heteroatoms. The van der Waals surface area contributed by atoms with Crippen molar-refractivity contribution < 1.29 is 17.9 Å². The summed E-state index contributed by atoms with van der Waals surface area (Å²) in [5, 5.41) is 4.73. The average molecular weight is 503 g/mol. The highest BCUT2D eigenvalue weighted by atomic mass is 35.5. The minimum absolute atomic E-state index is 0.349. The minimum Gasteiger partial charge on any atom is -0.497 e. The Labute approximate surface area is 204 Å². The third-order valence-electron chi connectivity index (χ3n) is 5.35. The molecule has 0 aliphatic heterocycles. The van der Waals surface area contributed by atoms with Gasteiger partial charge in [-0.2, -0.15) is 5.10 Å². The molecule has 34 heavy (non-hydrogen) atoms. The number of amides is 1. The van der Waals surface area contributed by atoms with E-state index in [1.807, 2.05) is 44.2 Å². The zero-order chi connectivity index (χ0) is 25.0. The molecule has 0 bridgehead atoms. The van der Waals surface area contributed by atoms with E-state index in [9.17, 15) is 13.2 Å². The number of carbonyl (C=O) groups excluding carboxylic acids is 1. The molecule has 0 fully saturated rings. The van der Waals surface area contributed by atoms with E-state index in [0.717, 1.165) is 33.2 Å². The van der Waals surface area contributed by atoms with Crippen molar-refractivity contribution in [3.05, 3.63) is 76.6 Å². The second kappa shape index (κ2) is 10.3. The summed E-state index contributed by atoms with van der Waals surface area (Å²) >= 11 is 5.99. The first-order valence-corrected chi connectivity index (χ1v) is 12.7. The number of halogens is 1. The zero-order valence-corrected chi connectivity index (χ0v) is 21.2. The summed E-state index contributed by atoms with van der Waals surface area (Å²) in [6, 6.07) is 14.8. The highest BCUT2D eigenvalue weighted by Crippen LogP contribution is 2.24. The van der Waals surface area contributed by atoms with Gasteiger partial charge in [-0.1, -0.05) is 11.6 Å². The molecule has 2 aromatic carbocycles. The van der Waals surface area contributed by atoms with Gasteiger partial charge in [-0.15, -0.1) is 0 Å². The standard InChI is InChI=1S/C24H27ClN4O4S/c1-16-14-19(17(2)28(16)21-8-6-20(25)7-9-21)15-26-27-24(30)18(3)29(34(5,31)32)22-10-12-23(33-4)13-11-22/h6-15,18H,1-5H3,(H,27,30)/b26-15+. The van der Waals surface area contributed by atoms with E-state index in [4.69, 9.17) is 16.3 Å². The Kier molecular flexibility index (Phi) is 7.68. The number of methoxy groups -OCH3 is 1. The second-order valence-corrected chi connectivity index (χ2v) is 10.1. The maximum atomic E-state index is 12.8. The van der Waals surface area contributed by atoms with Crippen LogP contribution in [-0.2, 0) is 14.8 Å². The summed E-state index contributed by atoms with van der Waals surface area (Å²) in [7, 11) is -2.22. The third-order valence-corrected chi connectivity index (χ3v) is 6.84. The van der Waals surface area contributed by atoms with Crippen LogP contribution >= 0.6 is 11.6 Å². The molecule has 3 aromatic rings. The number of hydrogen-bond donors (Lipinski definition) is 1. The largest absolute Gasteiger partial charge is 0.497 e. The molecule has 1 atom stereocenters. The molecule has 0 saturated carbocycles. The van der Waals surface area contributed by atoms with Gasteiger partial charge in [0.15, 0.2) is 0 Å². The number of benzene rings is 2. The monoisotopic (exact) mass is 502 g/mol. The number of aromatic nitrogens is 1. The van der Waals surface area contributed by atoms with Gasteiger partial charge in [-0.05, 0) is 75.4 Å². The number of hydrazone groups is 1. The van der Waals surface area contributed by atoms with E-state index in [2.05, 4.69) is 15.1 Å². The number of anilines is 1. The van der Waals surface area contributed by atoms with Crippen molar-refractivity contribution >= 4 is 39.4 Å². The van der Waals surface area contributed by atoms with Crippen LogP contribution in [0.25, 0.3) is 5.69 Å². The Morgan fingerprint density at radius 3 is 2.32 bits per heavy atom. The quantitative estimate of drug-likeness (QED) is 0.371. The topological polar surface area (TPSA) is 93.0 Å². The van der Waals surface area contributed by atoms with Gasteiger partial charge in [-0.25, -0.2) is 13.8 Å². The van der Waals surface area contributed by atoms with Gasteiger partial charge in [0.25, 0.3) is 5.91 Å². The van der Waals surface area contributed by atoms with Crippen molar-refractivity contribution in [1.82, 2.24) is 9.99 Å². The third kappa shape index (κ3) is 5.60. The number of nitrogens with one attached hydrogen (secondary N) is 1. The lowest BCUT2D eigenvalue weighted by Crippen LogP contribution is -2.46. The van der Waals surface area contributed by atoms with Crippen LogP contribution in [0.4, 0.5) is 5.69 Å². The smallest absolute Gasteiger partial charge is 0.263 e. The van der Waals surface area contributed by atoms with Crippen molar-refractivity contribution in [2.24, 2.45) is 5.10 Å². The summed E-state index contributed by atoms with van der Waals surface area (Å²) in [5.41, 5.74) is 6.50. The van der Waals surface area contributed by atoms with E-state index < -0.39 is 22.0 Å². The van der Waals surface area contributed by atoms with Gasteiger partial charge in [0.1, 0.15) is 11.8 Å². The Balaban J connectivity index is 1.78. The molecule has 1 unspecified atom stereocenters. The predicted octanol–water partition coefficient (Wildman–Crippen LogP) is 4.06. The van der Waals surface area contributed by atoms with Crippen LogP contribution in [0.3, 0.4) is 0 Å². The van der Waals surface area contributed by atoms with Crippen molar-refractivity contribution in [2.45, 2.75) is 26.8 Å². The Hall–Kier alpha value is -3.30. The van der Waals surface area contributed by atoms with Gasteiger partial charge in [-0.3, -0.25) is 9.10 Å². The fraction of sp³-hybridized carbons (Fsp3) is 0.250. The predicted molar refractivity (Wildman–Crippen MR) is 136 cm³/mol. The number of ether oxygens (including phenoxy) is 1. The Morgan fingerprint density at radius 2 is 1.76 bits per heavy atom. The molecule has 0 aliphatic rings. The van der Waals surface area contributed by atoms with Crippen LogP contribution in [-0.4, -0.2) is 44.5 Å². The minimum atomic E-state index is -3.73. The lowest BCUT2D eigenvalue weighted by atomic mass is 10.2. The molecule has 180 valence electrons. The van der Waals surface area contributed by atoms with E-state index in [0.29, 0.717) is 16.5 Å². The van der Waals surface area contributed by atoms with Crippen LogP contribution in [0.2, 0.25) is 5.02 Å². The van der Waals surface area contributed by atoms with Crippen molar-refractivity contribution in [3.8, 4) is 11.4 Å². The number of carbonyl (C=O) groups is 1. The zero-order valence-electron chi connectivity index (χ0n) is 19.6. The number of aryl methyl sites for hydroxylation is 1. The fourth-order valence-electron chi connectivity index (χ4n) is 3.70. The average Bonchev–Trinajstić information content (AvgIpc) is 3.07. The van der Waals surface area contributed by atoms with Gasteiger partial charge < -0.3 is 9.30 Å². The maximum Gasteiger partial charge on any atom is 0.263 e. The lowest BCUT2D eigenvalue weighted by molar-refractivity contribution is -0.121. The number of rotatable bonds is 8. The lowest BCUT2D eigenvalue weighted by Gasteiger charge is -2.27. The molecular formula is C24H27ClN4O4S. The second-order valence-electron chi connectivity index (χ2n) is 7.81. The van der Waals surface area contributed by atoms with Crippen molar-refractivity contribution in [1.29, 1.82) is 0 Å². The molecule has 1 aromatic heterocycles. The molecule has 1 amide bonds. The molecule has 3 rings (SSSR count). The summed E-state index contributed by atoms with van der Waals surface area (Å²) in [4.78, 5) is 12.8. The summed E-state index contributed by atoms with van der Waals surface area (Å²) in [6.07, 6.45) is 2.59. The highest BCUT2D eigenvalue weighted by molar-refractivity contribution is 7.92. The number of hydrogen-bond acceptors (Lipinski definition) is 5. The van der Waals surface area contributed by atoms with Gasteiger partial charge in [0, 0.05) is 27.7 Å². The van der Waals surface area contributed by atoms with E-state index >= 15 is 0 Å². The van der Waals surface area contributed by atoms with Crippen LogP contribution in [0.1, 0.15) is 23.9 Å². The first-order valence-electron chi connectivity index (χ1n) is 10.4. The molecule has 0 radical (unpaired) electrons. The van der Waals surface area contributed by atoms with Crippen molar-refractivity contribution in [3.63, 3.8) is 0 Å². The van der Waals surface area contributed by atoms with E-state index in [1.54, 1.807) is 24.3 Å². The van der Waals surface area contributed by atoms with E-state index in [1.165, 1.54) is 20.2 Å². The summed E-state index contributed by atoms with van der Waals surface area (Å²) < 4.78 is 33.1. The van der Waals surface area contributed by atoms with Crippen LogP contribution < -0.4 is 14.5 Å². The van der Waals surface area contributed by atoms with E-state index in [-0.39, 0.29) is 0 Å². The molecular weight excluding hydrogens is 476 g/mol. The van der Waals surface area contributed by atoms with Gasteiger partial charge in [0.05, 0.1) is 25.3 Å². The molecule has 1 heterocycles. The molecule has 8 nitrogen and oxygen atoms in total. The van der Waals surface area contributed by atoms with Crippen molar-refractivity contribution in [2.75, 3.05) is 17.7 Å². The number of sulfonamides is 1. The number of nitrogens with zero attached hydrogens (tertiary/aromatic N) is 3. The van der Waals surface area contributed by atoms with Gasteiger partial charge in [0.2, 0.25) is 10.0 Å². The van der Waals surface area contributed by atoms with Crippen LogP contribution in [0.15, 0.2) is 59.7 Å². The van der Waals surface area contributed by atoms with Crippen LogP contribution in [0.5, 0.6) is 5.75 Å². The molecule has 0 aliphatic carbocycles. The SMILES string of the molecule is COc1ccc(N(C(C)C(=O)N/N=C/c2cc(C)n(-c3ccc(Cl)cc3)c2C)S(C)(=O)=O)cc1. The fourth-order valence-corrected chi connectivity index (χ4v) is 5.00. The first kappa shape index (κ1) is 25.3. The Bertz CT molecular complexity index is 1300. The maximum absolute atomic E-state index is 12.8.